The van der Waals surface area contributed by atoms with E-state index in [4.69, 9.17) is 4.74 Å². The van der Waals surface area contributed by atoms with E-state index >= 15 is 0 Å². The van der Waals surface area contributed by atoms with Gasteiger partial charge in [-0.2, -0.15) is 0 Å². The molecular weight excluding hydrogens is 325 g/mol. The summed E-state index contributed by atoms with van der Waals surface area (Å²) in [6, 6.07) is 7.47. The van der Waals surface area contributed by atoms with Gasteiger partial charge in [0.2, 0.25) is 5.56 Å². The van der Waals surface area contributed by atoms with E-state index in [0.29, 0.717) is 42.8 Å². The number of aryl methyl sites for hydroxylation is 2. The predicted molar refractivity (Wildman–Crippen MR) is 94.0 cm³/mol. The van der Waals surface area contributed by atoms with Gasteiger partial charge >= 0.3 is 0 Å². The lowest BCUT2D eigenvalue weighted by Crippen LogP contribution is -2.23. The Morgan fingerprint density at radius 3 is 2.72 bits per heavy atom. The lowest BCUT2D eigenvalue weighted by Gasteiger charge is -2.13. The molecular formula is C18H20FN3O3. The fourth-order valence-electron chi connectivity index (χ4n) is 3.01. The van der Waals surface area contributed by atoms with Crippen LogP contribution in [0.2, 0.25) is 0 Å². The number of nitrogens with zero attached hydrogens (tertiary/aromatic N) is 2. The first-order valence-electron chi connectivity index (χ1n) is 8.22. The molecule has 0 unspecified atom stereocenters. The van der Waals surface area contributed by atoms with Gasteiger partial charge in [0.15, 0.2) is 0 Å². The van der Waals surface area contributed by atoms with E-state index in [9.17, 15) is 14.0 Å². The number of fused-ring (bicyclic) bond motifs is 1. The van der Waals surface area contributed by atoms with E-state index in [1.807, 2.05) is 6.92 Å². The molecule has 0 saturated heterocycles. The molecule has 2 aromatic heterocycles. The van der Waals surface area contributed by atoms with Crippen LogP contribution in [0.15, 0.2) is 39.9 Å². The maximum absolute atomic E-state index is 14.3. The first-order valence-corrected chi connectivity index (χ1v) is 8.22. The van der Waals surface area contributed by atoms with Crippen LogP contribution in [0, 0.1) is 12.7 Å². The number of pyridine rings is 1. The third kappa shape index (κ3) is 3.15. The van der Waals surface area contributed by atoms with Crippen LogP contribution in [0.1, 0.15) is 19.0 Å². The Morgan fingerprint density at radius 2 is 2.00 bits per heavy atom. The van der Waals surface area contributed by atoms with E-state index in [-0.39, 0.29) is 16.8 Å². The number of benzene rings is 1. The summed E-state index contributed by atoms with van der Waals surface area (Å²) in [5.74, 6) is -0.498. The normalized spacial score (nSPS) is 11.3. The number of nitrogens with one attached hydrogen (secondary N) is 1. The van der Waals surface area contributed by atoms with Crippen molar-refractivity contribution < 1.29 is 9.13 Å². The first kappa shape index (κ1) is 17.2. The Balaban J connectivity index is 2.25. The molecule has 0 fully saturated rings. The molecule has 6 nitrogen and oxygen atoms in total. The zero-order valence-corrected chi connectivity index (χ0v) is 14.2. The molecule has 2 heterocycles. The van der Waals surface area contributed by atoms with Crippen molar-refractivity contribution in [3.63, 3.8) is 0 Å². The lowest BCUT2D eigenvalue weighted by atomic mass is 10.2. The van der Waals surface area contributed by atoms with Crippen LogP contribution >= 0.6 is 0 Å². The van der Waals surface area contributed by atoms with Gasteiger partial charge in [0.1, 0.15) is 11.5 Å². The summed E-state index contributed by atoms with van der Waals surface area (Å²) < 4.78 is 22.6. The van der Waals surface area contributed by atoms with E-state index < -0.39 is 5.82 Å². The molecule has 3 aromatic rings. The number of aromatic amines is 1. The molecule has 0 radical (unpaired) electrons. The number of ether oxygens (including phenoxy) is 1. The highest BCUT2D eigenvalue weighted by atomic mass is 19.1. The largest absolute Gasteiger partial charge is 0.382 e. The second-order valence-electron chi connectivity index (χ2n) is 5.76. The van der Waals surface area contributed by atoms with Gasteiger partial charge in [0, 0.05) is 31.5 Å². The highest BCUT2D eigenvalue weighted by Crippen LogP contribution is 2.18. The van der Waals surface area contributed by atoms with E-state index in [1.54, 1.807) is 29.8 Å². The quantitative estimate of drug-likeness (QED) is 0.697. The zero-order chi connectivity index (χ0) is 18.0. The number of para-hydroxylation sites is 1. The summed E-state index contributed by atoms with van der Waals surface area (Å²) in [4.78, 5) is 27.5. The molecule has 0 aliphatic carbocycles. The van der Waals surface area contributed by atoms with Gasteiger partial charge in [-0.1, -0.05) is 12.1 Å². The van der Waals surface area contributed by atoms with Crippen LogP contribution in [0.25, 0.3) is 16.6 Å². The van der Waals surface area contributed by atoms with Crippen molar-refractivity contribution in [2.75, 3.05) is 13.2 Å². The monoisotopic (exact) mass is 345 g/mol. The molecule has 0 aliphatic rings. The maximum Gasteiger partial charge on any atom is 0.281 e. The second-order valence-corrected chi connectivity index (χ2v) is 5.76. The van der Waals surface area contributed by atoms with Crippen molar-refractivity contribution in [3.8, 4) is 5.69 Å². The van der Waals surface area contributed by atoms with Crippen molar-refractivity contribution in [2.24, 2.45) is 0 Å². The van der Waals surface area contributed by atoms with Crippen molar-refractivity contribution in [3.05, 3.63) is 62.6 Å². The minimum absolute atomic E-state index is 0.159. The van der Waals surface area contributed by atoms with Crippen LogP contribution in [-0.4, -0.2) is 27.6 Å². The van der Waals surface area contributed by atoms with E-state index in [1.165, 1.54) is 16.8 Å². The summed E-state index contributed by atoms with van der Waals surface area (Å²) >= 11 is 0. The number of hydrogen-bond donors (Lipinski definition) is 1. The van der Waals surface area contributed by atoms with Crippen molar-refractivity contribution in [2.45, 2.75) is 26.8 Å². The average molecular weight is 345 g/mol. The van der Waals surface area contributed by atoms with Gasteiger partial charge in [-0.05, 0) is 32.4 Å². The SMILES string of the molecule is CCOCCCn1c2cc(=O)[nH]c(C)c2c(=O)n1-c1ccccc1F. The second kappa shape index (κ2) is 7.06. The minimum Gasteiger partial charge on any atom is -0.382 e. The smallest absolute Gasteiger partial charge is 0.281 e. The lowest BCUT2D eigenvalue weighted by molar-refractivity contribution is 0.140. The standard InChI is InChI=1S/C18H20FN3O3/c1-3-25-10-6-9-21-15-11-16(23)20-12(2)17(15)18(24)22(21)14-8-5-4-7-13(14)19/h4-5,7-8,11H,3,6,9-10H2,1-2H3,(H,20,23). The van der Waals surface area contributed by atoms with Gasteiger partial charge in [-0.25, -0.2) is 9.07 Å². The van der Waals surface area contributed by atoms with Crippen LogP contribution < -0.4 is 11.1 Å². The Kier molecular flexibility index (Phi) is 4.85. The number of hydrogen-bond acceptors (Lipinski definition) is 3. The predicted octanol–water partition coefficient (Wildman–Crippen LogP) is 2.35. The van der Waals surface area contributed by atoms with Crippen molar-refractivity contribution >= 4 is 10.9 Å². The Bertz CT molecular complexity index is 1020. The third-order valence-corrected chi connectivity index (χ3v) is 4.08. The van der Waals surface area contributed by atoms with Crippen LogP contribution in [-0.2, 0) is 11.3 Å². The van der Waals surface area contributed by atoms with Gasteiger partial charge < -0.3 is 9.72 Å². The molecule has 3 rings (SSSR count). The number of H-pyrrole nitrogens is 1. The minimum atomic E-state index is -0.498. The van der Waals surface area contributed by atoms with Crippen LogP contribution in [0.5, 0.6) is 0 Å². The van der Waals surface area contributed by atoms with Crippen LogP contribution in [0.4, 0.5) is 4.39 Å². The van der Waals surface area contributed by atoms with Crippen molar-refractivity contribution in [1.82, 2.24) is 14.3 Å². The third-order valence-electron chi connectivity index (χ3n) is 4.08. The fraction of sp³-hybridized carbons (Fsp3) is 0.333. The molecule has 0 saturated carbocycles. The van der Waals surface area contributed by atoms with Crippen molar-refractivity contribution in [1.29, 1.82) is 0 Å². The number of aromatic nitrogens is 3. The van der Waals surface area contributed by atoms with Gasteiger partial charge in [0.25, 0.3) is 5.56 Å². The maximum atomic E-state index is 14.3. The molecule has 0 aliphatic heterocycles. The van der Waals surface area contributed by atoms with Gasteiger partial charge in [-0.3, -0.25) is 14.3 Å². The molecule has 25 heavy (non-hydrogen) atoms. The Labute approximate surface area is 143 Å². The molecule has 132 valence electrons. The molecule has 1 aromatic carbocycles. The summed E-state index contributed by atoms with van der Waals surface area (Å²) in [7, 11) is 0. The fourth-order valence-corrected chi connectivity index (χ4v) is 3.01. The molecule has 0 bridgehead atoms. The van der Waals surface area contributed by atoms with Gasteiger partial charge in [-0.15, -0.1) is 0 Å². The summed E-state index contributed by atoms with van der Waals surface area (Å²) in [5.41, 5.74) is 0.471. The topological polar surface area (TPSA) is 69.0 Å². The number of rotatable bonds is 6. The van der Waals surface area contributed by atoms with Crippen LogP contribution in [0.3, 0.4) is 0 Å². The molecule has 7 heteroatoms. The van der Waals surface area contributed by atoms with E-state index in [2.05, 4.69) is 4.98 Å². The number of halogens is 1. The highest BCUT2D eigenvalue weighted by Gasteiger charge is 2.19. The van der Waals surface area contributed by atoms with E-state index in [0.717, 1.165) is 0 Å². The molecule has 0 amide bonds. The zero-order valence-electron chi connectivity index (χ0n) is 14.2. The first-order chi connectivity index (χ1) is 12.0. The Morgan fingerprint density at radius 1 is 1.24 bits per heavy atom. The molecule has 1 N–H and O–H groups in total. The average Bonchev–Trinajstić information content (AvgIpc) is 2.84. The summed E-state index contributed by atoms with van der Waals surface area (Å²) in [6.45, 7) is 5.12. The molecule has 0 spiro atoms. The highest BCUT2D eigenvalue weighted by molar-refractivity contribution is 5.81. The summed E-state index contributed by atoms with van der Waals surface area (Å²) in [5, 5.41) is 0.388. The molecule has 0 atom stereocenters. The Hall–Kier alpha value is -2.67. The summed E-state index contributed by atoms with van der Waals surface area (Å²) in [6.07, 6.45) is 0.636. The van der Waals surface area contributed by atoms with Gasteiger partial charge in [0.05, 0.1) is 10.9 Å².